The smallest absolute Gasteiger partial charge is 0.238 e. The first kappa shape index (κ1) is 15.0. The van der Waals surface area contributed by atoms with Crippen LogP contribution in [-0.2, 0) is 6.54 Å². The third-order valence-corrected chi connectivity index (χ3v) is 4.51. The molecule has 2 aromatic heterocycles. The van der Waals surface area contributed by atoms with Crippen molar-refractivity contribution in [1.82, 2.24) is 9.55 Å². The van der Waals surface area contributed by atoms with E-state index in [4.69, 9.17) is 11.6 Å². The lowest BCUT2D eigenvalue weighted by Crippen LogP contribution is -2.15. The molecule has 0 spiro atoms. The number of halogens is 1. The highest BCUT2D eigenvalue weighted by Crippen LogP contribution is 2.24. The summed E-state index contributed by atoms with van der Waals surface area (Å²) in [5.74, 6) is 0.167. The van der Waals surface area contributed by atoms with Crippen LogP contribution >= 0.6 is 22.9 Å². The molecule has 0 aliphatic carbocycles. The van der Waals surface area contributed by atoms with E-state index in [9.17, 15) is 9.90 Å². The molecule has 0 fully saturated rings. The Kier molecular flexibility index (Phi) is 4.38. The first-order chi connectivity index (χ1) is 10.7. The summed E-state index contributed by atoms with van der Waals surface area (Å²) in [6.45, 7) is 0.218. The zero-order chi connectivity index (χ0) is 15.5. The Morgan fingerprint density at radius 3 is 2.86 bits per heavy atom. The predicted octanol–water partition coefficient (Wildman–Crippen LogP) is 3.56. The number of thiophene rings is 1. The molecule has 0 amide bonds. The molecule has 6 heteroatoms. The number of carbonyl (C=O) groups is 1. The van der Waals surface area contributed by atoms with Crippen LogP contribution in [0.5, 0.6) is 0 Å². The summed E-state index contributed by atoms with van der Waals surface area (Å²) in [5, 5.41) is 12.7. The molecule has 1 atom stereocenters. The average molecular weight is 333 g/mol. The van der Waals surface area contributed by atoms with Crippen LogP contribution < -0.4 is 0 Å². The van der Waals surface area contributed by atoms with E-state index in [2.05, 4.69) is 4.98 Å². The highest BCUT2D eigenvalue weighted by atomic mass is 35.5. The zero-order valence-electron chi connectivity index (χ0n) is 11.5. The van der Waals surface area contributed by atoms with Crippen LogP contribution in [0, 0.1) is 0 Å². The van der Waals surface area contributed by atoms with Crippen LogP contribution in [-0.4, -0.2) is 20.4 Å². The predicted molar refractivity (Wildman–Crippen MR) is 86.4 cm³/mol. The maximum Gasteiger partial charge on any atom is 0.238 e. The summed E-state index contributed by atoms with van der Waals surface area (Å²) in [4.78, 5) is 17.1. The first-order valence-corrected chi connectivity index (χ1v) is 7.94. The molecule has 0 bridgehead atoms. The van der Waals surface area contributed by atoms with Crippen LogP contribution in [0.1, 0.15) is 27.2 Å². The van der Waals surface area contributed by atoms with Gasteiger partial charge in [0.15, 0.2) is 5.82 Å². The van der Waals surface area contributed by atoms with Gasteiger partial charge in [-0.2, -0.15) is 0 Å². The second-order valence-corrected chi connectivity index (χ2v) is 6.10. The van der Waals surface area contributed by atoms with Crippen molar-refractivity contribution in [3.8, 4) is 0 Å². The van der Waals surface area contributed by atoms with Gasteiger partial charge in [-0.05, 0) is 17.5 Å². The van der Waals surface area contributed by atoms with Crippen LogP contribution in [0.15, 0.2) is 54.2 Å². The largest absolute Gasteiger partial charge is 0.386 e. The number of rotatable bonds is 5. The van der Waals surface area contributed by atoms with Gasteiger partial charge >= 0.3 is 0 Å². The maximum absolute atomic E-state index is 12.4. The molecule has 0 saturated heterocycles. The third-order valence-electron chi connectivity index (χ3n) is 3.30. The molecule has 3 aromatic rings. The number of ketones is 1. The Labute approximate surface area is 136 Å². The summed E-state index contributed by atoms with van der Waals surface area (Å²) < 4.78 is 1.65. The van der Waals surface area contributed by atoms with E-state index in [0.29, 0.717) is 21.3 Å². The van der Waals surface area contributed by atoms with Crippen molar-refractivity contribution in [3.63, 3.8) is 0 Å². The molecule has 0 radical (unpaired) electrons. The highest BCUT2D eigenvalue weighted by Gasteiger charge is 2.19. The van der Waals surface area contributed by atoms with Gasteiger partial charge in [-0.15, -0.1) is 11.3 Å². The quantitative estimate of drug-likeness (QED) is 0.727. The summed E-state index contributed by atoms with van der Waals surface area (Å²) in [5.41, 5.74) is 0.632. The Morgan fingerprint density at radius 1 is 1.32 bits per heavy atom. The van der Waals surface area contributed by atoms with Crippen molar-refractivity contribution in [2.24, 2.45) is 0 Å². The van der Waals surface area contributed by atoms with E-state index in [1.54, 1.807) is 35.2 Å². The molecule has 22 heavy (non-hydrogen) atoms. The van der Waals surface area contributed by atoms with Crippen molar-refractivity contribution < 1.29 is 9.90 Å². The molecule has 1 aromatic carbocycles. The topological polar surface area (TPSA) is 55.1 Å². The van der Waals surface area contributed by atoms with Crippen LogP contribution in [0.2, 0.25) is 5.02 Å². The molecule has 2 heterocycles. The molecular formula is C16H13ClN2O2S. The summed E-state index contributed by atoms with van der Waals surface area (Å²) in [7, 11) is 0. The van der Waals surface area contributed by atoms with E-state index in [1.807, 2.05) is 23.6 Å². The Bertz CT molecular complexity index is 783. The molecule has 0 aliphatic rings. The van der Waals surface area contributed by atoms with Crippen molar-refractivity contribution >= 4 is 28.7 Å². The fourth-order valence-electron chi connectivity index (χ4n) is 2.21. The van der Waals surface area contributed by atoms with E-state index in [-0.39, 0.29) is 12.3 Å². The number of hydrogen-bond acceptors (Lipinski definition) is 4. The fourth-order valence-corrected chi connectivity index (χ4v) is 3.13. The van der Waals surface area contributed by atoms with E-state index in [1.165, 1.54) is 11.3 Å². The van der Waals surface area contributed by atoms with Gasteiger partial charge in [0.25, 0.3) is 0 Å². The average Bonchev–Trinajstić information content (AvgIpc) is 3.18. The lowest BCUT2D eigenvalue weighted by atomic mass is 10.1. The summed E-state index contributed by atoms with van der Waals surface area (Å²) in [6.07, 6.45) is 2.43. The molecule has 4 nitrogen and oxygen atoms in total. The van der Waals surface area contributed by atoms with Gasteiger partial charge in [0, 0.05) is 23.0 Å². The summed E-state index contributed by atoms with van der Waals surface area (Å²) in [6, 6.07) is 10.7. The maximum atomic E-state index is 12.4. The Balaban J connectivity index is 1.84. The van der Waals surface area contributed by atoms with Crippen molar-refractivity contribution in [3.05, 3.63) is 75.5 Å². The molecule has 112 valence electrons. The number of hydrogen-bond donors (Lipinski definition) is 1. The van der Waals surface area contributed by atoms with Crippen molar-refractivity contribution in [1.29, 1.82) is 0 Å². The van der Waals surface area contributed by atoms with Gasteiger partial charge in [0.1, 0.15) is 0 Å². The lowest BCUT2D eigenvalue weighted by molar-refractivity contribution is 0.102. The van der Waals surface area contributed by atoms with E-state index >= 15 is 0 Å². The first-order valence-electron chi connectivity index (χ1n) is 6.68. The van der Waals surface area contributed by atoms with Gasteiger partial charge in [-0.1, -0.05) is 35.9 Å². The van der Waals surface area contributed by atoms with Gasteiger partial charge in [-0.25, -0.2) is 4.98 Å². The number of aliphatic hydroxyl groups excluding tert-OH is 1. The minimum atomic E-state index is -0.808. The van der Waals surface area contributed by atoms with Crippen LogP contribution in [0.25, 0.3) is 0 Å². The molecular weight excluding hydrogens is 320 g/mol. The van der Waals surface area contributed by atoms with Gasteiger partial charge in [0.2, 0.25) is 5.78 Å². The normalized spacial score (nSPS) is 12.3. The van der Waals surface area contributed by atoms with Crippen LogP contribution in [0.3, 0.4) is 0 Å². The highest BCUT2D eigenvalue weighted by molar-refractivity contribution is 7.12. The number of imidazole rings is 1. The minimum absolute atomic E-state index is 0.147. The zero-order valence-corrected chi connectivity index (χ0v) is 13.1. The van der Waals surface area contributed by atoms with E-state index in [0.717, 1.165) is 0 Å². The molecule has 1 N–H and O–H groups in total. The molecule has 3 rings (SSSR count). The second kappa shape index (κ2) is 6.44. The van der Waals surface area contributed by atoms with Crippen molar-refractivity contribution in [2.75, 3.05) is 0 Å². The standard InChI is InChI=1S/C16H13ClN2O2S/c17-12-5-2-1-4-11(12)13(20)10-19-8-7-18-16(19)15(21)14-6-3-9-22-14/h1-9,13,20H,10H2/t13-/m0/s1. The van der Waals surface area contributed by atoms with Crippen LogP contribution in [0.4, 0.5) is 0 Å². The molecule has 0 saturated carbocycles. The third kappa shape index (κ3) is 2.97. The SMILES string of the molecule is O=C(c1cccs1)c1nccn1C[C@H](O)c1ccccc1Cl. The number of benzene rings is 1. The number of aromatic nitrogens is 2. The lowest BCUT2D eigenvalue weighted by Gasteiger charge is -2.14. The van der Waals surface area contributed by atoms with Gasteiger partial charge in [0.05, 0.1) is 17.5 Å². The van der Waals surface area contributed by atoms with Gasteiger partial charge < -0.3 is 9.67 Å². The van der Waals surface area contributed by atoms with E-state index < -0.39 is 6.10 Å². The summed E-state index contributed by atoms with van der Waals surface area (Å²) >= 11 is 7.46. The molecule has 0 aliphatic heterocycles. The van der Waals surface area contributed by atoms with Crippen molar-refractivity contribution in [2.45, 2.75) is 12.6 Å². The number of carbonyl (C=O) groups excluding carboxylic acids is 1. The Morgan fingerprint density at radius 2 is 2.14 bits per heavy atom. The fraction of sp³-hybridized carbons (Fsp3) is 0.125. The monoisotopic (exact) mass is 332 g/mol. The minimum Gasteiger partial charge on any atom is -0.386 e. The number of nitrogens with zero attached hydrogens (tertiary/aromatic N) is 2. The Hall–Kier alpha value is -1.95. The van der Waals surface area contributed by atoms with Gasteiger partial charge in [-0.3, -0.25) is 4.79 Å². The molecule has 0 unspecified atom stereocenters. The second-order valence-electron chi connectivity index (χ2n) is 4.75. The number of aliphatic hydroxyl groups is 1.